The molecule has 6 nitrogen and oxygen atoms in total. The predicted molar refractivity (Wildman–Crippen MR) is 60.7 cm³/mol. The number of carbonyl (C=O) groups excluding carboxylic acids is 2. The average Bonchev–Trinajstić information content (AvgIpc) is 2.45. The summed E-state index contributed by atoms with van der Waals surface area (Å²) in [7, 11) is 1.23. The van der Waals surface area contributed by atoms with Crippen LogP contribution in [0.25, 0.3) is 0 Å². The molecule has 2 amide bonds. The zero-order valence-electron chi connectivity index (χ0n) is 8.14. The number of hydrogen-bond acceptors (Lipinski definition) is 5. The first kappa shape index (κ1) is 13.3. The molecule has 1 aliphatic rings. The van der Waals surface area contributed by atoms with E-state index in [0.29, 0.717) is 0 Å². The van der Waals surface area contributed by atoms with Crippen molar-refractivity contribution >= 4 is 43.3 Å². The first-order valence-electron chi connectivity index (χ1n) is 4.11. The minimum absolute atomic E-state index is 0.170. The lowest BCUT2D eigenvalue weighted by molar-refractivity contribution is -0.121. The molecule has 0 aromatic carbocycles. The summed E-state index contributed by atoms with van der Waals surface area (Å²) < 4.78 is 21.9. The van der Waals surface area contributed by atoms with Crippen LogP contribution in [0.4, 0.5) is 0 Å². The van der Waals surface area contributed by atoms with E-state index in [1.165, 1.54) is 6.92 Å². The van der Waals surface area contributed by atoms with Gasteiger partial charge >= 0.3 is 0 Å². The van der Waals surface area contributed by atoms with Crippen LogP contribution in [0.1, 0.15) is 6.92 Å². The smallest absolute Gasteiger partial charge is 0.267 e. The van der Waals surface area contributed by atoms with Crippen LogP contribution in [0.15, 0.2) is 10.3 Å². The van der Waals surface area contributed by atoms with E-state index in [9.17, 15) is 18.0 Å². The topological polar surface area (TPSA) is 106 Å². The van der Waals surface area contributed by atoms with Crippen molar-refractivity contribution in [2.24, 2.45) is 11.7 Å². The summed E-state index contributed by atoms with van der Waals surface area (Å²) in [6.07, 6.45) is 1.15. The molecular weight excluding hydrogens is 276 g/mol. The normalized spacial score (nSPS) is 25.0. The summed E-state index contributed by atoms with van der Waals surface area (Å²) in [5, 5.41) is 1.70. The van der Waals surface area contributed by atoms with E-state index in [1.54, 1.807) is 0 Å². The van der Waals surface area contributed by atoms with Gasteiger partial charge in [-0.1, -0.05) is 11.8 Å². The second-order valence-corrected chi connectivity index (χ2v) is 7.07. The van der Waals surface area contributed by atoms with Gasteiger partial charge < -0.3 is 11.1 Å². The molecule has 0 bridgehead atoms. The number of hydrogen-bond donors (Lipinski definition) is 2. The maximum atomic E-state index is 11.0. The minimum Gasteiger partial charge on any atom is -0.369 e. The van der Waals surface area contributed by atoms with Crippen LogP contribution in [0.3, 0.4) is 0 Å². The van der Waals surface area contributed by atoms with Gasteiger partial charge in [0.1, 0.15) is 4.24 Å². The number of primary amides is 1. The fourth-order valence-electron chi connectivity index (χ4n) is 1.16. The summed E-state index contributed by atoms with van der Waals surface area (Å²) in [6, 6.07) is 0. The Labute approximate surface area is 101 Å². The van der Waals surface area contributed by atoms with Crippen molar-refractivity contribution in [3.63, 3.8) is 0 Å². The molecule has 90 valence electrons. The van der Waals surface area contributed by atoms with Crippen molar-refractivity contribution < 1.29 is 18.0 Å². The predicted octanol–water partition coefficient (Wildman–Crippen LogP) is -0.293. The Bertz CT molecular complexity index is 459. The molecule has 2 unspecified atom stereocenters. The molecule has 2 atom stereocenters. The maximum Gasteiger partial charge on any atom is 0.267 e. The fraction of sp³-hybridized carbons (Fsp3) is 0.429. The van der Waals surface area contributed by atoms with Crippen molar-refractivity contribution in [1.82, 2.24) is 5.32 Å². The zero-order chi connectivity index (χ0) is 12.5. The molecule has 1 aliphatic heterocycles. The van der Waals surface area contributed by atoms with Gasteiger partial charge in [0, 0.05) is 17.6 Å². The zero-order valence-corrected chi connectivity index (χ0v) is 10.5. The maximum absolute atomic E-state index is 11.0. The molecule has 0 spiro atoms. The first-order valence-corrected chi connectivity index (χ1v) is 7.30. The summed E-state index contributed by atoms with van der Waals surface area (Å²) >= 11 is 0.791. The number of carbonyl (C=O) groups is 2. The molecule has 0 aromatic heterocycles. The van der Waals surface area contributed by atoms with E-state index >= 15 is 0 Å². The van der Waals surface area contributed by atoms with Crippen LogP contribution >= 0.6 is 22.4 Å². The lowest BCUT2D eigenvalue weighted by Crippen LogP contribution is -2.39. The number of rotatable bonds is 3. The average molecular weight is 285 g/mol. The molecule has 16 heavy (non-hydrogen) atoms. The SMILES string of the molecule is CC(=O)NC1SC(S(=O)(=O)Cl)=CC1C(N)=O. The van der Waals surface area contributed by atoms with Crippen molar-refractivity contribution in [3.8, 4) is 0 Å². The lowest BCUT2D eigenvalue weighted by atomic mass is 10.1. The van der Waals surface area contributed by atoms with E-state index in [4.69, 9.17) is 16.4 Å². The lowest BCUT2D eigenvalue weighted by Gasteiger charge is -2.15. The van der Waals surface area contributed by atoms with Gasteiger partial charge in [0.05, 0.1) is 11.3 Å². The highest BCUT2D eigenvalue weighted by Crippen LogP contribution is 2.39. The van der Waals surface area contributed by atoms with Gasteiger partial charge in [-0.05, 0) is 6.08 Å². The second-order valence-electron chi connectivity index (χ2n) is 3.09. The highest BCUT2D eigenvalue weighted by atomic mass is 35.7. The molecular formula is C7H9ClN2O4S2. The van der Waals surface area contributed by atoms with Crippen molar-refractivity contribution in [3.05, 3.63) is 10.3 Å². The molecule has 0 radical (unpaired) electrons. The molecule has 0 fully saturated rings. The standard InChI is InChI=1S/C7H9ClN2O4S2/c1-3(11)10-7-4(6(9)12)2-5(15-7)16(8,13)14/h2,4,7H,1H3,(H2,9,12)(H,10,11). The van der Waals surface area contributed by atoms with Gasteiger partial charge in [0.15, 0.2) is 0 Å². The van der Waals surface area contributed by atoms with Crippen LogP contribution in [0, 0.1) is 5.92 Å². The second kappa shape index (κ2) is 4.64. The molecule has 0 saturated heterocycles. The Balaban J connectivity index is 2.95. The third-order valence-electron chi connectivity index (χ3n) is 1.80. The number of nitrogens with two attached hydrogens (primary N) is 1. The van der Waals surface area contributed by atoms with E-state index in [-0.39, 0.29) is 10.1 Å². The molecule has 1 heterocycles. The molecule has 0 aromatic rings. The summed E-state index contributed by atoms with van der Waals surface area (Å²) in [6.45, 7) is 1.26. The largest absolute Gasteiger partial charge is 0.369 e. The van der Waals surface area contributed by atoms with Crippen LogP contribution in [-0.2, 0) is 18.6 Å². The van der Waals surface area contributed by atoms with Gasteiger partial charge in [-0.25, -0.2) is 8.42 Å². The molecule has 0 saturated carbocycles. The number of nitrogens with one attached hydrogen (secondary N) is 1. The van der Waals surface area contributed by atoms with Crippen LogP contribution in [0.2, 0.25) is 0 Å². The molecule has 9 heteroatoms. The first-order chi connectivity index (χ1) is 7.21. The van der Waals surface area contributed by atoms with E-state index in [2.05, 4.69) is 5.32 Å². The number of halogens is 1. The van der Waals surface area contributed by atoms with E-state index in [0.717, 1.165) is 17.8 Å². The van der Waals surface area contributed by atoms with Gasteiger partial charge in [-0.3, -0.25) is 9.59 Å². The Morgan fingerprint density at radius 1 is 1.56 bits per heavy atom. The third-order valence-corrected chi connectivity index (χ3v) is 5.17. The van der Waals surface area contributed by atoms with Crippen molar-refractivity contribution in [2.75, 3.05) is 0 Å². The molecule has 3 N–H and O–H groups in total. The van der Waals surface area contributed by atoms with Crippen LogP contribution in [-0.4, -0.2) is 25.6 Å². The van der Waals surface area contributed by atoms with Crippen molar-refractivity contribution in [1.29, 1.82) is 0 Å². The van der Waals surface area contributed by atoms with Crippen LogP contribution in [0.5, 0.6) is 0 Å². The number of thioether (sulfide) groups is 1. The number of amides is 2. The monoisotopic (exact) mass is 284 g/mol. The van der Waals surface area contributed by atoms with Gasteiger partial charge in [0.25, 0.3) is 9.05 Å². The van der Waals surface area contributed by atoms with E-state index in [1.807, 2.05) is 0 Å². The minimum atomic E-state index is -3.90. The summed E-state index contributed by atoms with van der Waals surface area (Å²) in [5.74, 6) is -1.98. The van der Waals surface area contributed by atoms with Gasteiger partial charge in [-0.2, -0.15) is 0 Å². The Kier molecular flexibility index (Phi) is 3.87. The van der Waals surface area contributed by atoms with Gasteiger partial charge in [-0.15, -0.1) is 0 Å². The van der Waals surface area contributed by atoms with Crippen LogP contribution < -0.4 is 11.1 Å². The van der Waals surface area contributed by atoms with Gasteiger partial charge in [0.2, 0.25) is 11.8 Å². The summed E-state index contributed by atoms with van der Waals surface area (Å²) in [4.78, 5) is 21.9. The third kappa shape index (κ3) is 3.13. The Morgan fingerprint density at radius 2 is 2.12 bits per heavy atom. The Hall–Kier alpha value is -0.730. The fourth-order valence-corrected chi connectivity index (χ4v) is 3.78. The molecule has 1 rings (SSSR count). The highest BCUT2D eigenvalue weighted by Gasteiger charge is 2.37. The summed E-state index contributed by atoms with van der Waals surface area (Å²) in [5.41, 5.74) is 5.08. The van der Waals surface area contributed by atoms with E-state index < -0.39 is 26.2 Å². The Morgan fingerprint density at radius 3 is 2.50 bits per heavy atom. The quantitative estimate of drug-likeness (QED) is 0.693. The highest BCUT2D eigenvalue weighted by molar-refractivity contribution is 8.29. The molecule has 0 aliphatic carbocycles. The van der Waals surface area contributed by atoms with Crippen molar-refractivity contribution in [2.45, 2.75) is 12.3 Å².